The van der Waals surface area contributed by atoms with E-state index in [0.717, 1.165) is 5.69 Å². The van der Waals surface area contributed by atoms with Crippen molar-refractivity contribution in [1.82, 2.24) is 14.8 Å². The molecule has 2 aromatic heterocycles. The lowest BCUT2D eigenvalue weighted by atomic mass is 10.3. The van der Waals surface area contributed by atoms with E-state index in [0.29, 0.717) is 16.7 Å². The molecule has 1 fully saturated rings. The van der Waals surface area contributed by atoms with Crippen LogP contribution >= 0.6 is 11.3 Å². The predicted molar refractivity (Wildman–Crippen MR) is 69.4 cm³/mol. The molecule has 0 radical (unpaired) electrons. The number of nitrogens with two attached hydrogens (primary N) is 1. The summed E-state index contributed by atoms with van der Waals surface area (Å²) < 4.78 is 1.50. The molecule has 3 N–H and O–H groups in total. The number of anilines is 2. The highest BCUT2D eigenvalue weighted by Crippen LogP contribution is 2.40. The fraction of sp³-hybridized carbons (Fsp3) is 0.364. The normalized spacial score (nSPS) is 14.7. The number of nitrogens with one attached hydrogen (secondary N) is 1. The van der Waals surface area contributed by atoms with E-state index in [4.69, 9.17) is 5.73 Å². The Balaban J connectivity index is 1.59. The lowest BCUT2D eigenvalue weighted by Crippen LogP contribution is -2.18. The zero-order chi connectivity index (χ0) is 12.5. The number of nitrogens with zero attached hydrogens (tertiary/aromatic N) is 3. The van der Waals surface area contributed by atoms with E-state index in [2.05, 4.69) is 15.4 Å². The van der Waals surface area contributed by atoms with Gasteiger partial charge in [-0.15, -0.1) is 11.3 Å². The van der Waals surface area contributed by atoms with Crippen molar-refractivity contribution in [2.75, 3.05) is 11.1 Å². The summed E-state index contributed by atoms with van der Waals surface area (Å²) in [5.41, 5.74) is 7.17. The molecular weight excluding hydrogens is 250 g/mol. The number of nitrogen functional groups attached to an aromatic ring is 1. The lowest BCUT2D eigenvalue weighted by molar-refractivity contribution is -0.116. The Bertz CT molecular complexity index is 572. The van der Waals surface area contributed by atoms with Crippen LogP contribution in [0.15, 0.2) is 17.8 Å². The summed E-state index contributed by atoms with van der Waals surface area (Å²) in [5.74, 6) is 0.465. The molecule has 1 saturated carbocycles. The van der Waals surface area contributed by atoms with Crippen LogP contribution in [0.3, 0.4) is 0 Å². The van der Waals surface area contributed by atoms with Gasteiger partial charge in [-0.05, 0) is 12.8 Å². The van der Waals surface area contributed by atoms with E-state index in [9.17, 15) is 4.79 Å². The summed E-state index contributed by atoms with van der Waals surface area (Å²) >= 11 is 1.46. The molecule has 0 aliphatic heterocycles. The predicted octanol–water partition coefficient (Wildman–Crippen LogP) is 1.44. The number of carbonyl (C=O) groups excluding carboxylic acids is 1. The van der Waals surface area contributed by atoms with Crippen LogP contribution in [0.4, 0.5) is 10.8 Å². The molecule has 6 nitrogen and oxygen atoms in total. The topological polar surface area (TPSA) is 85.8 Å². The molecule has 1 aliphatic carbocycles. The van der Waals surface area contributed by atoms with Crippen LogP contribution in [0.2, 0.25) is 0 Å². The van der Waals surface area contributed by atoms with Crippen molar-refractivity contribution in [1.29, 1.82) is 0 Å². The van der Waals surface area contributed by atoms with E-state index in [1.807, 2.05) is 5.38 Å². The Labute approximate surface area is 108 Å². The molecule has 0 spiro atoms. The van der Waals surface area contributed by atoms with Crippen LogP contribution in [-0.2, 0) is 11.3 Å². The summed E-state index contributed by atoms with van der Waals surface area (Å²) in [6, 6.07) is 0. The average molecular weight is 263 g/mol. The molecule has 0 saturated heterocycles. The third-order valence-corrected chi connectivity index (χ3v) is 3.50. The molecule has 3 rings (SSSR count). The monoisotopic (exact) mass is 263 g/mol. The van der Waals surface area contributed by atoms with Gasteiger partial charge >= 0.3 is 0 Å². The number of carbonyl (C=O) groups is 1. The molecule has 0 bridgehead atoms. The van der Waals surface area contributed by atoms with Gasteiger partial charge in [-0.2, -0.15) is 5.10 Å². The second-order valence-corrected chi connectivity index (χ2v) is 5.23. The fourth-order valence-corrected chi connectivity index (χ4v) is 2.49. The zero-order valence-corrected chi connectivity index (χ0v) is 10.5. The third kappa shape index (κ3) is 2.51. The van der Waals surface area contributed by atoms with Gasteiger partial charge in [0, 0.05) is 17.5 Å². The van der Waals surface area contributed by atoms with Crippen LogP contribution in [0.5, 0.6) is 0 Å². The first-order chi connectivity index (χ1) is 8.70. The standard InChI is InChI=1S/C11H13N5OS/c12-8-3-13-16(4-8)5-10(17)15-11-14-9(6-18-11)7-1-2-7/h3-4,6-7H,1-2,5,12H2,(H,14,15,17). The highest BCUT2D eigenvalue weighted by molar-refractivity contribution is 7.13. The molecule has 0 aromatic carbocycles. The quantitative estimate of drug-likeness (QED) is 0.874. The van der Waals surface area contributed by atoms with Crippen molar-refractivity contribution in [3.05, 3.63) is 23.5 Å². The van der Waals surface area contributed by atoms with Crippen LogP contribution in [0, 0.1) is 0 Å². The molecule has 94 valence electrons. The van der Waals surface area contributed by atoms with Crippen LogP contribution in [-0.4, -0.2) is 20.7 Å². The maximum absolute atomic E-state index is 11.7. The highest BCUT2D eigenvalue weighted by atomic mass is 32.1. The molecule has 2 aromatic rings. The van der Waals surface area contributed by atoms with E-state index in [1.54, 1.807) is 6.20 Å². The number of amides is 1. The molecule has 7 heteroatoms. The number of hydrogen-bond donors (Lipinski definition) is 2. The Hall–Kier alpha value is -1.89. The first-order valence-electron chi connectivity index (χ1n) is 5.74. The second-order valence-electron chi connectivity index (χ2n) is 4.37. The Morgan fingerprint density at radius 3 is 3.11 bits per heavy atom. The number of aromatic nitrogens is 3. The molecule has 0 atom stereocenters. The summed E-state index contributed by atoms with van der Waals surface area (Å²) in [5, 5.41) is 9.39. The lowest BCUT2D eigenvalue weighted by Gasteiger charge is -2.01. The first kappa shape index (κ1) is 11.2. The third-order valence-electron chi connectivity index (χ3n) is 2.72. The number of thiazole rings is 1. The Morgan fingerprint density at radius 2 is 2.44 bits per heavy atom. The smallest absolute Gasteiger partial charge is 0.247 e. The summed E-state index contributed by atoms with van der Waals surface area (Å²) in [4.78, 5) is 16.1. The Kier molecular flexibility index (Phi) is 2.75. The molecule has 2 heterocycles. The SMILES string of the molecule is Nc1cnn(CC(=O)Nc2nc(C3CC3)cs2)c1. The average Bonchev–Trinajstić information content (AvgIpc) is 2.95. The molecule has 18 heavy (non-hydrogen) atoms. The minimum atomic E-state index is -0.144. The van der Waals surface area contributed by atoms with Crippen molar-refractivity contribution >= 4 is 28.1 Å². The number of rotatable bonds is 4. The maximum atomic E-state index is 11.7. The fourth-order valence-electron chi connectivity index (χ4n) is 1.68. The summed E-state index contributed by atoms with van der Waals surface area (Å²) in [6.45, 7) is 0.148. The molecule has 1 aliphatic rings. The van der Waals surface area contributed by atoms with E-state index in [-0.39, 0.29) is 12.5 Å². The second kappa shape index (κ2) is 4.41. The highest BCUT2D eigenvalue weighted by Gasteiger charge is 2.26. The number of hydrogen-bond acceptors (Lipinski definition) is 5. The van der Waals surface area contributed by atoms with Gasteiger partial charge in [0.1, 0.15) is 6.54 Å². The maximum Gasteiger partial charge on any atom is 0.247 e. The van der Waals surface area contributed by atoms with Crippen molar-refractivity contribution < 1.29 is 4.79 Å². The Morgan fingerprint density at radius 1 is 1.61 bits per heavy atom. The van der Waals surface area contributed by atoms with Crippen molar-refractivity contribution in [2.24, 2.45) is 0 Å². The van der Waals surface area contributed by atoms with Gasteiger partial charge < -0.3 is 11.1 Å². The van der Waals surface area contributed by atoms with Crippen LogP contribution in [0.1, 0.15) is 24.5 Å². The van der Waals surface area contributed by atoms with Crippen LogP contribution in [0.25, 0.3) is 0 Å². The molecule has 0 unspecified atom stereocenters. The van der Waals surface area contributed by atoms with E-state index < -0.39 is 0 Å². The van der Waals surface area contributed by atoms with Gasteiger partial charge in [0.25, 0.3) is 0 Å². The molecule has 1 amide bonds. The summed E-state index contributed by atoms with van der Waals surface area (Å²) in [7, 11) is 0. The largest absolute Gasteiger partial charge is 0.396 e. The van der Waals surface area contributed by atoms with Gasteiger partial charge in [0.15, 0.2) is 5.13 Å². The zero-order valence-electron chi connectivity index (χ0n) is 9.67. The van der Waals surface area contributed by atoms with Crippen molar-refractivity contribution in [3.8, 4) is 0 Å². The van der Waals surface area contributed by atoms with Crippen molar-refractivity contribution in [2.45, 2.75) is 25.3 Å². The van der Waals surface area contributed by atoms with E-state index in [1.165, 1.54) is 35.1 Å². The summed E-state index contributed by atoms with van der Waals surface area (Å²) in [6.07, 6.45) is 5.56. The van der Waals surface area contributed by atoms with Crippen molar-refractivity contribution in [3.63, 3.8) is 0 Å². The minimum absolute atomic E-state index is 0.144. The minimum Gasteiger partial charge on any atom is -0.396 e. The van der Waals surface area contributed by atoms with Gasteiger partial charge in [0.2, 0.25) is 5.91 Å². The molecular formula is C11H13N5OS. The van der Waals surface area contributed by atoms with Crippen LogP contribution < -0.4 is 11.1 Å². The van der Waals surface area contributed by atoms with Gasteiger partial charge in [-0.1, -0.05) is 0 Å². The van der Waals surface area contributed by atoms with Gasteiger partial charge in [0.05, 0.1) is 17.6 Å². The van der Waals surface area contributed by atoms with E-state index >= 15 is 0 Å². The first-order valence-corrected chi connectivity index (χ1v) is 6.62. The van der Waals surface area contributed by atoms with Gasteiger partial charge in [-0.3, -0.25) is 9.48 Å². The van der Waals surface area contributed by atoms with Gasteiger partial charge in [-0.25, -0.2) is 4.98 Å².